The molecule has 4 rings (SSSR count). The van der Waals surface area contributed by atoms with E-state index < -0.39 is 17.7 Å². The number of nitrogens with one attached hydrogen (secondary N) is 2. The average molecular weight is 519 g/mol. The maximum atomic E-state index is 13.0. The fraction of sp³-hybridized carbons (Fsp3) is 0.379. The summed E-state index contributed by atoms with van der Waals surface area (Å²) in [4.78, 5) is 47.3. The number of likely N-dealkylation sites (tertiary alicyclic amines) is 1. The highest BCUT2D eigenvalue weighted by molar-refractivity contribution is 5.95. The van der Waals surface area contributed by atoms with Gasteiger partial charge in [0.2, 0.25) is 5.91 Å². The lowest BCUT2D eigenvalue weighted by Gasteiger charge is -2.28. The molecule has 2 atom stereocenters. The summed E-state index contributed by atoms with van der Waals surface area (Å²) in [6.07, 6.45) is 4.73. The van der Waals surface area contributed by atoms with Crippen LogP contribution < -0.4 is 5.32 Å². The molecular weight excluding hydrogens is 484 g/mol. The summed E-state index contributed by atoms with van der Waals surface area (Å²) in [5, 5.41) is 2.88. The predicted octanol–water partition coefficient (Wildman–Crippen LogP) is 5.13. The number of hydrogen-bond acceptors (Lipinski definition) is 6. The van der Waals surface area contributed by atoms with Gasteiger partial charge in [0.1, 0.15) is 18.0 Å². The van der Waals surface area contributed by atoms with Gasteiger partial charge in [-0.2, -0.15) is 0 Å². The quantitative estimate of drug-likeness (QED) is 0.400. The van der Waals surface area contributed by atoms with Crippen molar-refractivity contribution in [3.05, 3.63) is 83.9 Å². The van der Waals surface area contributed by atoms with Crippen molar-refractivity contribution in [1.29, 1.82) is 0 Å². The lowest BCUT2D eigenvalue weighted by Crippen LogP contribution is -2.42. The summed E-state index contributed by atoms with van der Waals surface area (Å²) >= 11 is 0. The number of H-pyrrole nitrogens is 1. The molecule has 1 aliphatic heterocycles. The smallest absolute Gasteiger partial charge is 0.410 e. The normalized spacial score (nSPS) is 16.1. The van der Waals surface area contributed by atoms with Gasteiger partial charge in [0, 0.05) is 31.0 Å². The zero-order valence-corrected chi connectivity index (χ0v) is 22.0. The highest BCUT2D eigenvalue weighted by Crippen LogP contribution is 2.26. The van der Waals surface area contributed by atoms with Gasteiger partial charge in [-0.3, -0.25) is 4.79 Å². The third kappa shape index (κ3) is 7.21. The van der Waals surface area contributed by atoms with Gasteiger partial charge in [-0.05, 0) is 57.4 Å². The van der Waals surface area contributed by atoms with E-state index in [2.05, 4.69) is 15.3 Å². The minimum absolute atomic E-state index is 0.0799. The topological polar surface area (TPSA) is 114 Å². The fourth-order valence-corrected chi connectivity index (χ4v) is 4.47. The number of esters is 1. The molecule has 2 N–H and O–H groups in total. The van der Waals surface area contributed by atoms with Crippen LogP contribution in [0.2, 0.25) is 0 Å². The van der Waals surface area contributed by atoms with Crippen LogP contribution in [0.25, 0.3) is 0 Å². The van der Waals surface area contributed by atoms with Crippen molar-refractivity contribution in [1.82, 2.24) is 14.9 Å². The van der Waals surface area contributed by atoms with Crippen molar-refractivity contribution in [3.63, 3.8) is 0 Å². The second kappa shape index (κ2) is 11.9. The number of carbonyl (C=O) groups excluding carboxylic acids is 3. The van der Waals surface area contributed by atoms with Crippen molar-refractivity contribution in [3.8, 4) is 0 Å². The van der Waals surface area contributed by atoms with Crippen molar-refractivity contribution < 1.29 is 23.9 Å². The van der Waals surface area contributed by atoms with Gasteiger partial charge >= 0.3 is 12.1 Å². The number of rotatable bonds is 8. The van der Waals surface area contributed by atoms with E-state index in [0.29, 0.717) is 23.6 Å². The van der Waals surface area contributed by atoms with Gasteiger partial charge in [-0.1, -0.05) is 36.4 Å². The summed E-state index contributed by atoms with van der Waals surface area (Å²) in [7, 11) is 0. The number of aromatic amines is 1. The van der Waals surface area contributed by atoms with Crippen LogP contribution in [-0.2, 0) is 14.3 Å². The van der Waals surface area contributed by atoms with Crippen LogP contribution in [0.15, 0.2) is 67.0 Å². The largest absolute Gasteiger partial charge is 0.460 e. The van der Waals surface area contributed by atoms with Crippen LogP contribution >= 0.6 is 0 Å². The fourth-order valence-electron chi connectivity index (χ4n) is 4.47. The van der Waals surface area contributed by atoms with Crippen molar-refractivity contribution in [2.75, 3.05) is 18.5 Å². The molecule has 9 nitrogen and oxygen atoms in total. The van der Waals surface area contributed by atoms with Gasteiger partial charge in [0.25, 0.3) is 0 Å². The first-order chi connectivity index (χ1) is 18.2. The third-order valence-corrected chi connectivity index (χ3v) is 6.23. The Morgan fingerprint density at radius 1 is 1.13 bits per heavy atom. The maximum absolute atomic E-state index is 13.0. The minimum atomic E-state index is -0.592. The second-order valence-electron chi connectivity index (χ2n) is 10.3. The van der Waals surface area contributed by atoms with Crippen molar-refractivity contribution in [2.24, 2.45) is 0 Å². The van der Waals surface area contributed by atoms with Gasteiger partial charge in [-0.15, -0.1) is 0 Å². The number of ether oxygens (including phenoxy) is 2. The van der Waals surface area contributed by atoms with Crippen molar-refractivity contribution >= 4 is 23.7 Å². The van der Waals surface area contributed by atoms with E-state index in [1.807, 2.05) is 51.1 Å². The number of carbonyl (C=O) groups is 3. The lowest BCUT2D eigenvalue weighted by molar-refractivity contribution is -0.116. The van der Waals surface area contributed by atoms with Crippen LogP contribution in [0.1, 0.15) is 67.7 Å². The minimum Gasteiger partial charge on any atom is -0.460 e. The SMILES string of the molecule is CC(C)(C)OC(=O)N1CCCC1COC(=O)c1cccc(NC(=O)CC(c2ccccc2)c2ncc[nH]2)c1. The number of imidazole rings is 1. The average Bonchev–Trinajstić information content (AvgIpc) is 3.58. The van der Waals surface area contributed by atoms with Gasteiger partial charge < -0.3 is 24.7 Å². The van der Waals surface area contributed by atoms with Crippen LogP contribution in [0.4, 0.5) is 10.5 Å². The van der Waals surface area contributed by atoms with Crippen LogP contribution in [-0.4, -0.2) is 57.6 Å². The number of hydrogen-bond donors (Lipinski definition) is 2. The zero-order chi connectivity index (χ0) is 27.1. The van der Waals surface area contributed by atoms with E-state index in [4.69, 9.17) is 9.47 Å². The maximum Gasteiger partial charge on any atom is 0.410 e. The molecule has 200 valence electrons. The Balaban J connectivity index is 1.35. The molecular formula is C29H34N4O5. The molecule has 0 spiro atoms. The summed E-state index contributed by atoms with van der Waals surface area (Å²) < 4.78 is 11.0. The lowest BCUT2D eigenvalue weighted by atomic mass is 9.94. The molecule has 0 saturated carbocycles. The highest BCUT2D eigenvalue weighted by Gasteiger charge is 2.33. The molecule has 2 amide bonds. The molecule has 1 saturated heterocycles. The van der Waals surface area contributed by atoms with E-state index in [1.54, 1.807) is 41.6 Å². The predicted molar refractivity (Wildman–Crippen MR) is 143 cm³/mol. The molecule has 9 heteroatoms. The van der Waals surface area contributed by atoms with Gasteiger partial charge in [0.05, 0.1) is 17.5 Å². The number of aromatic nitrogens is 2. The van der Waals surface area contributed by atoms with Crippen molar-refractivity contribution in [2.45, 2.75) is 57.6 Å². The van der Waals surface area contributed by atoms with Crippen LogP contribution in [0.3, 0.4) is 0 Å². The summed E-state index contributed by atoms with van der Waals surface area (Å²) in [5.74, 6) is -0.260. The van der Waals surface area contributed by atoms with E-state index >= 15 is 0 Å². The monoisotopic (exact) mass is 518 g/mol. The molecule has 2 unspecified atom stereocenters. The first-order valence-electron chi connectivity index (χ1n) is 12.8. The van der Waals surface area contributed by atoms with E-state index in [0.717, 1.165) is 18.4 Å². The van der Waals surface area contributed by atoms with Crippen LogP contribution in [0, 0.1) is 0 Å². The number of amides is 2. The number of nitrogens with zero attached hydrogens (tertiary/aromatic N) is 2. The number of benzene rings is 2. The van der Waals surface area contributed by atoms with Crippen LogP contribution in [0.5, 0.6) is 0 Å². The molecule has 0 bridgehead atoms. The molecule has 2 heterocycles. The van der Waals surface area contributed by atoms with Gasteiger partial charge in [-0.25, -0.2) is 14.6 Å². The standard InChI is InChI=1S/C29H34N4O5/c1-29(2,3)38-28(36)33-16-8-13-23(33)19-37-27(35)21-11-7-12-22(17-21)32-25(34)18-24(26-30-14-15-31-26)20-9-5-4-6-10-20/h4-7,9-12,14-15,17,23-24H,8,13,16,18-19H2,1-3H3,(H,30,31)(H,32,34). The third-order valence-electron chi connectivity index (χ3n) is 6.23. The molecule has 2 aromatic carbocycles. The Morgan fingerprint density at radius 3 is 2.63 bits per heavy atom. The first kappa shape index (κ1) is 26.9. The summed E-state index contributed by atoms with van der Waals surface area (Å²) in [5.41, 5.74) is 1.19. The summed E-state index contributed by atoms with van der Waals surface area (Å²) in [6.45, 7) is 6.11. The Labute approximate surface area is 222 Å². The second-order valence-corrected chi connectivity index (χ2v) is 10.3. The molecule has 0 radical (unpaired) electrons. The Kier molecular flexibility index (Phi) is 8.45. The Morgan fingerprint density at radius 2 is 1.92 bits per heavy atom. The molecule has 0 aliphatic carbocycles. The molecule has 1 aliphatic rings. The number of anilines is 1. The molecule has 1 fully saturated rings. The van der Waals surface area contributed by atoms with E-state index in [9.17, 15) is 14.4 Å². The molecule has 38 heavy (non-hydrogen) atoms. The summed E-state index contributed by atoms with van der Waals surface area (Å²) in [6, 6.07) is 16.1. The highest BCUT2D eigenvalue weighted by atomic mass is 16.6. The Bertz CT molecular complexity index is 1240. The van der Waals surface area contributed by atoms with E-state index in [-0.39, 0.29) is 30.9 Å². The van der Waals surface area contributed by atoms with E-state index in [1.165, 1.54) is 0 Å². The first-order valence-corrected chi connectivity index (χ1v) is 12.8. The Hall–Kier alpha value is -4.14. The zero-order valence-electron chi connectivity index (χ0n) is 22.0. The van der Waals surface area contributed by atoms with Gasteiger partial charge in [0.15, 0.2) is 0 Å². The molecule has 3 aromatic rings. The molecule has 1 aromatic heterocycles.